The lowest BCUT2D eigenvalue weighted by atomic mass is 10.1. The van der Waals surface area contributed by atoms with Crippen LogP contribution in [0.3, 0.4) is 0 Å². The van der Waals surface area contributed by atoms with Crippen LogP contribution in [-0.2, 0) is 4.79 Å². The molecule has 2 aromatic carbocycles. The van der Waals surface area contributed by atoms with E-state index in [-0.39, 0.29) is 5.91 Å². The van der Waals surface area contributed by atoms with Crippen molar-refractivity contribution in [2.24, 2.45) is 0 Å². The average molecular weight is 322 g/mol. The number of amides is 1. The average Bonchev–Trinajstić information content (AvgIpc) is 2.50. The summed E-state index contributed by atoms with van der Waals surface area (Å²) in [5.74, 6) is 0.687. The third-order valence-corrected chi connectivity index (χ3v) is 4.09. The first kappa shape index (κ1) is 15.9. The number of aliphatic hydroxyl groups excluding tert-OH is 1. The molecule has 0 aliphatic rings. The van der Waals surface area contributed by atoms with Crippen molar-refractivity contribution in [3.05, 3.63) is 65.2 Å². The summed E-state index contributed by atoms with van der Waals surface area (Å²) < 4.78 is 0. The Morgan fingerprint density at radius 2 is 1.81 bits per heavy atom. The maximum atomic E-state index is 11.8. The molecule has 0 fully saturated rings. The number of aliphatic hydroxyl groups is 1. The first-order valence-corrected chi connectivity index (χ1v) is 8.04. The van der Waals surface area contributed by atoms with E-state index in [1.807, 2.05) is 30.3 Å². The molecule has 1 amide bonds. The topological polar surface area (TPSA) is 49.3 Å². The molecule has 0 radical (unpaired) electrons. The van der Waals surface area contributed by atoms with E-state index in [4.69, 9.17) is 11.6 Å². The summed E-state index contributed by atoms with van der Waals surface area (Å²) in [6.45, 7) is 0. The summed E-state index contributed by atoms with van der Waals surface area (Å²) in [5.41, 5.74) is 1.58. The van der Waals surface area contributed by atoms with Crippen molar-refractivity contribution in [1.82, 2.24) is 0 Å². The molecule has 0 spiro atoms. The van der Waals surface area contributed by atoms with E-state index in [9.17, 15) is 9.90 Å². The number of anilines is 1. The largest absolute Gasteiger partial charge is 0.388 e. The molecule has 0 heterocycles. The Morgan fingerprint density at radius 3 is 2.48 bits per heavy atom. The minimum Gasteiger partial charge on any atom is -0.388 e. The molecule has 3 nitrogen and oxygen atoms in total. The number of nitrogens with one attached hydrogen (secondary N) is 1. The summed E-state index contributed by atoms with van der Waals surface area (Å²) in [7, 11) is 0. The number of hydrogen-bond donors (Lipinski definition) is 2. The molecule has 1 atom stereocenters. The molecule has 0 aromatic heterocycles. The minimum atomic E-state index is -0.556. The van der Waals surface area contributed by atoms with E-state index < -0.39 is 6.10 Å². The summed E-state index contributed by atoms with van der Waals surface area (Å²) in [6, 6.07) is 16.4. The number of hydrogen-bond acceptors (Lipinski definition) is 3. The Balaban J connectivity index is 1.73. The van der Waals surface area contributed by atoms with Crippen molar-refractivity contribution < 1.29 is 9.90 Å². The first-order valence-electron chi connectivity index (χ1n) is 6.51. The predicted octanol–water partition coefficient (Wildman–Crippen LogP) is 3.75. The number of benzene rings is 2. The first-order chi connectivity index (χ1) is 10.1. The van der Waals surface area contributed by atoms with Gasteiger partial charge >= 0.3 is 0 Å². The van der Waals surface area contributed by atoms with E-state index in [2.05, 4.69) is 5.32 Å². The fourth-order valence-electron chi connectivity index (χ4n) is 1.76. The fraction of sp³-hybridized carbons (Fsp3) is 0.188. The lowest BCUT2D eigenvalue weighted by molar-refractivity contribution is -0.113. The van der Waals surface area contributed by atoms with E-state index in [1.54, 1.807) is 24.3 Å². The lowest BCUT2D eigenvalue weighted by Crippen LogP contribution is -2.15. The van der Waals surface area contributed by atoms with Gasteiger partial charge in [-0.3, -0.25) is 4.79 Å². The van der Waals surface area contributed by atoms with E-state index in [1.165, 1.54) is 11.8 Å². The van der Waals surface area contributed by atoms with Crippen molar-refractivity contribution in [2.45, 2.75) is 6.10 Å². The van der Waals surface area contributed by atoms with Gasteiger partial charge in [-0.25, -0.2) is 0 Å². The highest BCUT2D eigenvalue weighted by molar-refractivity contribution is 7.99. The Labute approximate surface area is 133 Å². The fourth-order valence-corrected chi connectivity index (χ4v) is 2.68. The van der Waals surface area contributed by atoms with Crippen LogP contribution in [0.1, 0.15) is 11.7 Å². The van der Waals surface area contributed by atoms with Gasteiger partial charge in [0, 0.05) is 16.5 Å². The molecule has 2 N–H and O–H groups in total. The van der Waals surface area contributed by atoms with Crippen LogP contribution in [-0.4, -0.2) is 22.5 Å². The number of halogens is 1. The molecule has 0 saturated carbocycles. The van der Waals surface area contributed by atoms with E-state index in [0.717, 1.165) is 5.56 Å². The van der Waals surface area contributed by atoms with Crippen LogP contribution in [0, 0.1) is 0 Å². The van der Waals surface area contributed by atoms with Gasteiger partial charge in [-0.15, -0.1) is 11.8 Å². The number of rotatable bonds is 6. The highest BCUT2D eigenvalue weighted by Crippen LogP contribution is 2.18. The normalized spacial score (nSPS) is 11.9. The second kappa shape index (κ2) is 8.08. The van der Waals surface area contributed by atoms with Gasteiger partial charge in [0.05, 0.1) is 11.9 Å². The van der Waals surface area contributed by atoms with Gasteiger partial charge in [0.2, 0.25) is 5.91 Å². The van der Waals surface area contributed by atoms with E-state index >= 15 is 0 Å². The molecule has 0 aliphatic carbocycles. The summed E-state index contributed by atoms with van der Waals surface area (Å²) in [6.07, 6.45) is -0.556. The zero-order valence-corrected chi connectivity index (χ0v) is 12.9. The summed E-state index contributed by atoms with van der Waals surface area (Å²) in [4.78, 5) is 11.8. The van der Waals surface area contributed by atoms with Crippen LogP contribution in [0.15, 0.2) is 54.6 Å². The van der Waals surface area contributed by atoms with Gasteiger partial charge in [0.1, 0.15) is 0 Å². The van der Waals surface area contributed by atoms with Gasteiger partial charge in [-0.05, 0) is 29.8 Å². The SMILES string of the molecule is O=C(CSC[C@H](O)c1ccccc1)Nc1ccc(Cl)cc1. The third kappa shape index (κ3) is 5.42. The van der Waals surface area contributed by atoms with Gasteiger partial charge in [-0.1, -0.05) is 41.9 Å². The van der Waals surface area contributed by atoms with Gasteiger partial charge in [0.15, 0.2) is 0 Å². The standard InChI is InChI=1S/C16H16ClNO2S/c17-13-6-8-14(9-7-13)18-16(20)11-21-10-15(19)12-4-2-1-3-5-12/h1-9,15,19H,10-11H2,(H,18,20)/t15-/m0/s1. The molecule has 2 rings (SSSR count). The molecule has 0 saturated heterocycles. The van der Waals surface area contributed by atoms with Crippen molar-refractivity contribution in [2.75, 3.05) is 16.8 Å². The summed E-state index contributed by atoms with van der Waals surface area (Å²) in [5, 5.41) is 13.4. The Morgan fingerprint density at radius 1 is 1.14 bits per heavy atom. The van der Waals surface area contributed by atoms with Crippen LogP contribution in [0.2, 0.25) is 5.02 Å². The smallest absolute Gasteiger partial charge is 0.234 e. The molecule has 5 heteroatoms. The highest BCUT2D eigenvalue weighted by Gasteiger charge is 2.09. The number of carbonyl (C=O) groups is 1. The zero-order valence-electron chi connectivity index (χ0n) is 11.3. The van der Waals surface area contributed by atoms with Gasteiger partial charge < -0.3 is 10.4 Å². The minimum absolute atomic E-state index is 0.0948. The molecule has 0 aliphatic heterocycles. The van der Waals surface area contributed by atoms with Crippen LogP contribution < -0.4 is 5.32 Å². The van der Waals surface area contributed by atoms with Crippen molar-refractivity contribution in [3.8, 4) is 0 Å². The van der Waals surface area contributed by atoms with Gasteiger partial charge in [-0.2, -0.15) is 0 Å². The van der Waals surface area contributed by atoms with Crippen LogP contribution in [0.25, 0.3) is 0 Å². The quantitative estimate of drug-likeness (QED) is 0.852. The highest BCUT2D eigenvalue weighted by atomic mass is 35.5. The molecular weight excluding hydrogens is 306 g/mol. The molecule has 110 valence electrons. The lowest BCUT2D eigenvalue weighted by Gasteiger charge is -2.10. The van der Waals surface area contributed by atoms with Crippen LogP contribution in [0.4, 0.5) is 5.69 Å². The second-order valence-electron chi connectivity index (χ2n) is 4.50. The number of carbonyl (C=O) groups excluding carboxylic acids is 1. The molecule has 0 unspecified atom stereocenters. The second-order valence-corrected chi connectivity index (χ2v) is 5.96. The van der Waals surface area contributed by atoms with E-state index in [0.29, 0.717) is 22.2 Å². The Kier molecular flexibility index (Phi) is 6.11. The van der Waals surface area contributed by atoms with Crippen molar-refractivity contribution >= 4 is 35.0 Å². The maximum absolute atomic E-state index is 11.8. The van der Waals surface area contributed by atoms with Crippen LogP contribution in [0.5, 0.6) is 0 Å². The Hall–Kier alpha value is -1.49. The van der Waals surface area contributed by atoms with Crippen LogP contribution >= 0.6 is 23.4 Å². The third-order valence-electron chi connectivity index (χ3n) is 2.82. The van der Waals surface area contributed by atoms with Crippen molar-refractivity contribution in [3.63, 3.8) is 0 Å². The molecular formula is C16H16ClNO2S. The predicted molar refractivity (Wildman–Crippen MR) is 88.8 cm³/mol. The molecule has 2 aromatic rings. The Bertz CT molecular complexity index is 575. The zero-order chi connectivity index (χ0) is 15.1. The van der Waals surface area contributed by atoms with Gasteiger partial charge in [0.25, 0.3) is 0 Å². The molecule has 0 bridgehead atoms. The molecule has 21 heavy (non-hydrogen) atoms. The van der Waals surface area contributed by atoms with Crippen molar-refractivity contribution in [1.29, 1.82) is 0 Å². The monoisotopic (exact) mass is 321 g/mol. The number of thioether (sulfide) groups is 1. The summed E-state index contributed by atoms with van der Waals surface area (Å²) >= 11 is 7.18. The maximum Gasteiger partial charge on any atom is 0.234 e.